The van der Waals surface area contributed by atoms with Crippen LogP contribution in [0.25, 0.3) is 11.3 Å². The van der Waals surface area contributed by atoms with Crippen molar-refractivity contribution >= 4 is 40.7 Å². The van der Waals surface area contributed by atoms with Gasteiger partial charge >= 0.3 is 6.09 Å². The molecule has 0 aliphatic rings. The maximum absolute atomic E-state index is 13.0. The molecule has 0 fully saturated rings. The fourth-order valence-electron chi connectivity index (χ4n) is 2.39. The molecule has 0 aliphatic carbocycles. The van der Waals surface area contributed by atoms with E-state index in [2.05, 4.69) is 15.6 Å². The fourth-order valence-corrected chi connectivity index (χ4v) is 2.97. The molecular formula is C19H14Cl2FN3O3. The number of anilines is 1. The first kappa shape index (κ1) is 19.9. The molecule has 3 rings (SSSR count). The Hall–Kier alpha value is -2.90. The van der Waals surface area contributed by atoms with Gasteiger partial charge in [0, 0.05) is 5.56 Å². The lowest BCUT2D eigenvalue weighted by Gasteiger charge is -2.07. The van der Waals surface area contributed by atoms with Gasteiger partial charge in [0.1, 0.15) is 17.2 Å². The first-order chi connectivity index (χ1) is 13.4. The lowest BCUT2D eigenvalue weighted by Crippen LogP contribution is -2.13. The predicted molar refractivity (Wildman–Crippen MR) is 105 cm³/mol. The number of aryl methyl sites for hydroxylation is 1. The van der Waals surface area contributed by atoms with Crippen molar-refractivity contribution in [3.05, 3.63) is 69.7 Å². The topological polar surface area (TPSA) is 76.7 Å². The molecule has 9 heteroatoms. The molecule has 0 bridgehead atoms. The Kier molecular flexibility index (Phi) is 5.96. The van der Waals surface area contributed by atoms with E-state index in [-0.39, 0.29) is 17.2 Å². The highest BCUT2D eigenvalue weighted by atomic mass is 35.5. The van der Waals surface area contributed by atoms with E-state index >= 15 is 0 Å². The number of nitrogens with zero attached hydrogens (tertiary/aromatic N) is 2. The fraction of sp³-hybridized carbons (Fsp3) is 0.105. The third-order valence-electron chi connectivity index (χ3n) is 3.82. The first-order valence-corrected chi connectivity index (χ1v) is 8.81. The van der Waals surface area contributed by atoms with Crippen LogP contribution in [-0.4, -0.2) is 17.0 Å². The molecule has 0 aliphatic heterocycles. The zero-order chi connectivity index (χ0) is 20.3. The van der Waals surface area contributed by atoms with E-state index in [1.54, 1.807) is 32.0 Å². The van der Waals surface area contributed by atoms with Gasteiger partial charge in [0.05, 0.1) is 15.8 Å². The van der Waals surface area contributed by atoms with E-state index in [0.717, 1.165) is 0 Å². The van der Waals surface area contributed by atoms with Gasteiger partial charge in [0.2, 0.25) is 0 Å². The van der Waals surface area contributed by atoms with Crippen LogP contribution in [-0.2, 0) is 4.84 Å². The van der Waals surface area contributed by atoms with Gasteiger partial charge in [0.25, 0.3) is 0 Å². The average molecular weight is 422 g/mol. The summed E-state index contributed by atoms with van der Waals surface area (Å²) in [4.78, 5) is 17.0. The summed E-state index contributed by atoms with van der Waals surface area (Å²) in [7, 11) is 0. The molecule has 0 unspecified atom stereocenters. The standard InChI is InChI=1S/C19H14Cl2FN3O3/c1-10(12-6-8-13(22)9-7-12)24-28-19(26)23-17-11(2)27-25-18(17)16-14(20)4-3-5-15(16)21/h3-9H,1-2H3,(H,23,26)/b24-10+. The second kappa shape index (κ2) is 8.41. The average Bonchev–Trinajstić information content (AvgIpc) is 3.01. The van der Waals surface area contributed by atoms with Crippen molar-refractivity contribution < 1.29 is 18.5 Å². The molecule has 0 atom stereocenters. The number of carbonyl (C=O) groups excluding carboxylic acids is 1. The Morgan fingerprint density at radius 2 is 1.82 bits per heavy atom. The maximum atomic E-state index is 13.0. The molecule has 0 spiro atoms. The van der Waals surface area contributed by atoms with Crippen LogP contribution < -0.4 is 5.32 Å². The number of carbonyl (C=O) groups is 1. The largest absolute Gasteiger partial charge is 0.438 e. The summed E-state index contributed by atoms with van der Waals surface area (Å²) in [6.45, 7) is 3.24. The van der Waals surface area contributed by atoms with Crippen molar-refractivity contribution in [3.63, 3.8) is 0 Å². The van der Waals surface area contributed by atoms with E-state index < -0.39 is 6.09 Å². The summed E-state index contributed by atoms with van der Waals surface area (Å²) >= 11 is 12.4. The smallest absolute Gasteiger partial charge is 0.359 e. The monoisotopic (exact) mass is 421 g/mol. The van der Waals surface area contributed by atoms with Crippen LogP contribution in [0.2, 0.25) is 10.0 Å². The van der Waals surface area contributed by atoms with Crippen LogP contribution in [0, 0.1) is 12.7 Å². The van der Waals surface area contributed by atoms with Gasteiger partial charge in [-0.25, -0.2) is 9.18 Å². The zero-order valence-electron chi connectivity index (χ0n) is 14.8. The van der Waals surface area contributed by atoms with Crippen LogP contribution in [0.3, 0.4) is 0 Å². The third-order valence-corrected chi connectivity index (χ3v) is 4.45. The quantitative estimate of drug-likeness (QED) is 0.315. The van der Waals surface area contributed by atoms with E-state index in [1.807, 2.05) is 0 Å². The molecule has 28 heavy (non-hydrogen) atoms. The molecule has 0 saturated heterocycles. The van der Waals surface area contributed by atoms with Crippen LogP contribution in [0.1, 0.15) is 18.2 Å². The van der Waals surface area contributed by atoms with Crippen molar-refractivity contribution in [2.75, 3.05) is 5.32 Å². The summed E-state index contributed by atoms with van der Waals surface area (Å²) in [5, 5.41) is 10.9. The van der Waals surface area contributed by atoms with Gasteiger partial charge in [-0.05, 0) is 43.7 Å². The number of nitrogens with one attached hydrogen (secondary N) is 1. The maximum Gasteiger partial charge on any atom is 0.438 e. The molecule has 6 nitrogen and oxygen atoms in total. The van der Waals surface area contributed by atoms with Gasteiger partial charge in [-0.2, -0.15) is 0 Å². The van der Waals surface area contributed by atoms with Gasteiger partial charge in [-0.3, -0.25) is 10.2 Å². The van der Waals surface area contributed by atoms with Gasteiger partial charge in [0.15, 0.2) is 5.76 Å². The van der Waals surface area contributed by atoms with Crippen LogP contribution >= 0.6 is 23.2 Å². The number of amides is 1. The van der Waals surface area contributed by atoms with Crippen molar-refractivity contribution in [1.82, 2.24) is 5.16 Å². The Bertz CT molecular complexity index is 1030. The van der Waals surface area contributed by atoms with Crippen LogP contribution in [0.5, 0.6) is 0 Å². The lowest BCUT2D eigenvalue weighted by molar-refractivity contribution is 0.166. The summed E-state index contributed by atoms with van der Waals surface area (Å²) in [6, 6.07) is 10.6. The third kappa shape index (κ3) is 4.32. The second-order valence-corrected chi connectivity index (χ2v) is 6.56. The Balaban J connectivity index is 1.79. The van der Waals surface area contributed by atoms with Crippen LogP contribution in [0.4, 0.5) is 14.9 Å². The molecule has 1 heterocycles. The first-order valence-electron chi connectivity index (χ1n) is 8.06. The van der Waals surface area contributed by atoms with Crippen molar-refractivity contribution in [2.45, 2.75) is 13.8 Å². The molecular weight excluding hydrogens is 408 g/mol. The van der Waals surface area contributed by atoms with E-state index in [9.17, 15) is 9.18 Å². The molecule has 1 aromatic heterocycles. The summed E-state index contributed by atoms with van der Waals surface area (Å²) in [5.41, 5.74) is 1.95. The number of hydrogen-bond donors (Lipinski definition) is 1. The molecule has 1 amide bonds. The van der Waals surface area contributed by atoms with Gasteiger partial charge < -0.3 is 4.52 Å². The van der Waals surface area contributed by atoms with Crippen molar-refractivity contribution in [2.24, 2.45) is 5.16 Å². The van der Waals surface area contributed by atoms with Gasteiger partial charge in [-0.15, -0.1) is 0 Å². The minimum atomic E-state index is -0.864. The Labute approximate surface area is 169 Å². The van der Waals surface area contributed by atoms with Crippen LogP contribution in [0.15, 0.2) is 52.1 Å². The zero-order valence-corrected chi connectivity index (χ0v) is 16.3. The van der Waals surface area contributed by atoms with Crippen molar-refractivity contribution in [3.8, 4) is 11.3 Å². The SMILES string of the molecule is C/C(=N\OC(=O)Nc1c(-c2c(Cl)cccc2Cl)noc1C)c1ccc(F)cc1. The second-order valence-electron chi connectivity index (χ2n) is 5.75. The Morgan fingerprint density at radius 3 is 2.46 bits per heavy atom. The number of benzene rings is 2. The van der Waals surface area contributed by atoms with E-state index in [1.165, 1.54) is 24.3 Å². The summed E-state index contributed by atoms with van der Waals surface area (Å²) < 4.78 is 18.1. The molecule has 1 N–H and O–H groups in total. The minimum absolute atomic E-state index is 0.259. The molecule has 3 aromatic rings. The highest BCUT2D eigenvalue weighted by Crippen LogP contribution is 2.39. The number of oxime groups is 1. The molecule has 2 aromatic carbocycles. The predicted octanol–water partition coefficient (Wildman–Crippen LogP) is 6.07. The normalized spacial score (nSPS) is 11.4. The number of hydrogen-bond acceptors (Lipinski definition) is 5. The summed E-state index contributed by atoms with van der Waals surface area (Å²) in [6.07, 6.45) is -0.864. The highest BCUT2D eigenvalue weighted by molar-refractivity contribution is 6.39. The van der Waals surface area contributed by atoms with E-state index in [0.29, 0.717) is 32.6 Å². The number of rotatable bonds is 4. The van der Waals surface area contributed by atoms with E-state index in [4.69, 9.17) is 32.6 Å². The summed E-state index contributed by atoms with van der Waals surface area (Å²) in [5.74, 6) is -0.0360. The van der Waals surface area contributed by atoms with Crippen molar-refractivity contribution in [1.29, 1.82) is 0 Å². The highest BCUT2D eigenvalue weighted by Gasteiger charge is 2.22. The lowest BCUT2D eigenvalue weighted by atomic mass is 10.1. The molecule has 144 valence electrons. The number of aromatic nitrogens is 1. The number of halogens is 3. The van der Waals surface area contributed by atoms with Gasteiger partial charge in [-0.1, -0.05) is 51.7 Å². The molecule has 0 saturated carbocycles. The minimum Gasteiger partial charge on any atom is -0.359 e. The molecule has 0 radical (unpaired) electrons. The Morgan fingerprint density at radius 1 is 1.18 bits per heavy atom.